The highest BCUT2D eigenvalue weighted by Gasteiger charge is 2.14. The fourth-order valence-electron chi connectivity index (χ4n) is 1.68. The summed E-state index contributed by atoms with van der Waals surface area (Å²) >= 11 is 0. The molecule has 0 aliphatic rings. The minimum atomic E-state index is -0.435. The van der Waals surface area contributed by atoms with Crippen molar-refractivity contribution in [2.24, 2.45) is 0 Å². The predicted molar refractivity (Wildman–Crippen MR) is 74.5 cm³/mol. The van der Waals surface area contributed by atoms with Crippen molar-refractivity contribution in [3.8, 4) is 0 Å². The van der Waals surface area contributed by atoms with Crippen molar-refractivity contribution in [2.75, 3.05) is 18.2 Å². The number of anilines is 3. The molecular formula is C14H15N3O2. The number of rotatable bonds is 3. The topological polar surface area (TPSA) is 77.2 Å². The number of hydrogen-bond acceptors (Lipinski definition) is 5. The fraction of sp³-hybridized carbons (Fsp3) is 0.143. The molecule has 1 aromatic carbocycles. The first-order chi connectivity index (χ1) is 9.11. The van der Waals surface area contributed by atoms with Crippen LogP contribution in [0.15, 0.2) is 36.5 Å². The molecule has 0 amide bonds. The Morgan fingerprint density at radius 1 is 1.32 bits per heavy atom. The molecule has 1 aromatic heterocycles. The van der Waals surface area contributed by atoms with Crippen LogP contribution < -0.4 is 11.1 Å². The van der Waals surface area contributed by atoms with E-state index < -0.39 is 5.97 Å². The maximum absolute atomic E-state index is 11.7. The summed E-state index contributed by atoms with van der Waals surface area (Å²) in [6, 6.07) is 8.83. The Hall–Kier alpha value is -2.56. The quantitative estimate of drug-likeness (QED) is 0.652. The molecule has 5 nitrogen and oxygen atoms in total. The number of nitrogen functional groups attached to an aromatic ring is 1. The lowest BCUT2D eigenvalue weighted by molar-refractivity contribution is 0.0602. The third kappa shape index (κ3) is 2.82. The molecule has 3 N–H and O–H groups in total. The highest BCUT2D eigenvalue weighted by molar-refractivity contribution is 5.99. The average molecular weight is 257 g/mol. The van der Waals surface area contributed by atoms with Crippen LogP contribution in [0.2, 0.25) is 0 Å². The normalized spacial score (nSPS) is 10.0. The van der Waals surface area contributed by atoms with Gasteiger partial charge in [-0.2, -0.15) is 0 Å². The number of hydrogen-bond donors (Lipinski definition) is 2. The third-order valence-corrected chi connectivity index (χ3v) is 2.68. The zero-order valence-electron chi connectivity index (χ0n) is 10.8. The second-order valence-corrected chi connectivity index (χ2v) is 4.07. The Balaban J connectivity index is 2.38. The van der Waals surface area contributed by atoms with Gasteiger partial charge in [-0.05, 0) is 31.2 Å². The number of nitrogens with two attached hydrogens (primary N) is 1. The van der Waals surface area contributed by atoms with Crippen LogP contribution in [0, 0.1) is 6.92 Å². The van der Waals surface area contributed by atoms with E-state index in [-0.39, 0.29) is 0 Å². The lowest BCUT2D eigenvalue weighted by atomic mass is 10.1. The summed E-state index contributed by atoms with van der Waals surface area (Å²) < 4.78 is 4.74. The number of aromatic nitrogens is 1. The highest BCUT2D eigenvalue weighted by Crippen LogP contribution is 2.27. The first kappa shape index (κ1) is 12.9. The summed E-state index contributed by atoms with van der Waals surface area (Å²) in [5.41, 5.74) is 8.97. The first-order valence-electron chi connectivity index (χ1n) is 5.78. The Morgan fingerprint density at radius 3 is 2.74 bits per heavy atom. The molecule has 2 rings (SSSR count). The predicted octanol–water partition coefficient (Wildman–Crippen LogP) is 2.50. The van der Waals surface area contributed by atoms with E-state index in [1.54, 1.807) is 24.4 Å². The summed E-state index contributed by atoms with van der Waals surface area (Å²) in [5.74, 6) is -0.435. The van der Waals surface area contributed by atoms with Crippen LogP contribution in [0.1, 0.15) is 16.1 Å². The summed E-state index contributed by atoms with van der Waals surface area (Å²) in [6.07, 6.45) is 1.68. The molecule has 0 radical (unpaired) electrons. The van der Waals surface area contributed by atoms with Crippen molar-refractivity contribution in [1.29, 1.82) is 0 Å². The van der Waals surface area contributed by atoms with Crippen molar-refractivity contribution >= 4 is 23.0 Å². The fourth-order valence-corrected chi connectivity index (χ4v) is 1.68. The van der Waals surface area contributed by atoms with Gasteiger partial charge in [0.05, 0.1) is 35.9 Å². The number of methoxy groups -OCH3 is 1. The number of aryl methyl sites for hydroxylation is 1. The molecule has 0 bridgehead atoms. The third-order valence-electron chi connectivity index (χ3n) is 2.68. The number of ether oxygens (including phenoxy) is 1. The number of carbonyl (C=O) groups excluding carboxylic acids is 1. The van der Waals surface area contributed by atoms with Gasteiger partial charge in [-0.1, -0.05) is 6.07 Å². The minimum Gasteiger partial charge on any atom is -0.465 e. The Bertz CT molecular complexity index is 594. The standard InChI is InChI=1S/C14H15N3O2/c1-9-6-7-10(8-16-9)17-13-11(14(18)19-2)4-3-5-12(13)15/h3-8,17H,15H2,1-2H3. The van der Waals surface area contributed by atoms with Crippen LogP contribution in [0.25, 0.3) is 0 Å². The van der Waals surface area contributed by atoms with Gasteiger partial charge >= 0.3 is 5.97 Å². The molecule has 0 aliphatic carbocycles. The van der Waals surface area contributed by atoms with Gasteiger partial charge in [0, 0.05) is 5.69 Å². The van der Waals surface area contributed by atoms with Crippen LogP contribution >= 0.6 is 0 Å². The molecule has 0 aliphatic heterocycles. The molecule has 19 heavy (non-hydrogen) atoms. The second-order valence-electron chi connectivity index (χ2n) is 4.07. The molecule has 0 saturated carbocycles. The maximum Gasteiger partial charge on any atom is 0.340 e. The first-order valence-corrected chi connectivity index (χ1v) is 5.78. The average Bonchev–Trinajstić information content (AvgIpc) is 2.42. The summed E-state index contributed by atoms with van der Waals surface area (Å²) in [4.78, 5) is 15.9. The number of para-hydroxylation sites is 1. The van der Waals surface area contributed by atoms with Crippen LogP contribution in [0.5, 0.6) is 0 Å². The number of pyridine rings is 1. The SMILES string of the molecule is COC(=O)c1cccc(N)c1Nc1ccc(C)nc1. The lowest BCUT2D eigenvalue weighted by Gasteiger charge is -2.13. The van der Waals surface area contributed by atoms with E-state index in [2.05, 4.69) is 10.3 Å². The number of carbonyl (C=O) groups is 1. The van der Waals surface area contributed by atoms with Gasteiger partial charge in [-0.15, -0.1) is 0 Å². The summed E-state index contributed by atoms with van der Waals surface area (Å²) in [5, 5.41) is 3.09. The monoisotopic (exact) mass is 257 g/mol. The Morgan fingerprint density at radius 2 is 2.11 bits per heavy atom. The number of nitrogens with one attached hydrogen (secondary N) is 1. The van der Waals surface area contributed by atoms with Crippen molar-refractivity contribution in [3.63, 3.8) is 0 Å². The van der Waals surface area contributed by atoms with E-state index in [4.69, 9.17) is 10.5 Å². The van der Waals surface area contributed by atoms with E-state index in [0.29, 0.717) is 16.9 Å². The molecule has 0 atom stereocenters. The molecular weight excluding hydrogens is 242 g/mol. The molecule has 0 unspecified atom stereocenters. The van der Waals surface area contributed by atoms with Gasteiger partial charge in [0.2, 0.25) is 0 Å². The van der Waals surface area contributed by atoms with E-state index in [0.717, 1.165) is 11.4 Å². The minimum absolute atomic E-state index is 0.392. The maximum atomic E-state index is 11.7. The zero-order valence-corrected chi connectivity index (χ0v) is 10.8. The molecule has 5 heteroatoms. The van der Waals surface area contributed by atoms with Crippen LogP contribution in [-0.4, -0.2) is 18.1 Å². The highest BCUT2D eigenvalue weighted by atomic mass is 16.5. The number of esters is 1. The Labute approximate surface area is 111 Å². The summed E-state index contributed by atoms with van der Waals surface area (Å²) in [7, 11) is 1.34. The molecule has 1 heterocycles. The Kier molecular flexibility index (Phi) is 3.66. The largest absolute Gasteiger partial charge is 0.465 e. The number of nitrogens with zero attached hydrogens (tertiary/aromatic N) is 1. The smallest absolute Gasteiger partial charge is 0.340 e. The molecule has 2 aromatic rings. The lowest BCUT2D eigenvalue weighted by Crippen LogP contribution is -2.08. The van der Waals surface area contributed by atoms with Crippen LogP contribution in [-0.2, 0) is 4.74 Å². The van der Waals surface area contributed by atoms with Gasteiger partial charge in [-0.25, -0.2) is 4.79 Å². The van der Waals surface area contributed by atoms with Gasteiger partial charge in [0.1, 0.15) is 0 Å². The van der Waals surface area contributed by atoms with E-state index in [1.165, 1.54) is 7.11 Å². The number of benzene rings is 1. The van der Waals surface area contributed by atoms with E-state index >= 15 is 0 Å². The van der Waals surface area contributed by atoms with E-state index in [9.17, 15) is 4.79 Å². The van der Waals surface area contributed by atoms with Gasteiger partial charge in [0.15, 0.2) is 0 Å². The molecule has 98 valence electrons. The van der Waals surface area contributed by atoms with Crippen molar-refractivity contribution in [1.82, 2.24) is 4.98 Å². The second kappa shape index (κ2) is 5.39. The van der Waals surface area contributed by atoms with Crippen molar-refractivity contribution in [3.05, 3.63) is 47.8 Å². The summed E-state index contributed by atoms with van der Waals surface area (Å²) in [6.45, 7) is 1.90. The van der Waals surface area contributed by atoms with Crippen LogP contribution in [0.3, 0.4) is 0 Å². The molecule has 0 saturated heterocycles. The van der Waals surface area contributed by atoms with Gasteiger partial charge in [-0.3, -0.25) is 4.98 Å². The zero-order chi connectivity index (χ0) is 13.8. The van der Waals surface area contributed by atoms with Crippen molar-refractivity contribution in [2.45, 2.75) is 6.92 Å². The molecule has 0 fully saturated rings. The molecule has 0 spiro atoms. The van der Waals surface area contributed by atoms with Gasteiger partial charge < -0.3 is 15.8 Å². The van der Waals surface area contributed by atoms with Crippen molar-refractivity contribution < 1.29 is 9.53 Å². The van der Waals surface area contributed by atoms with Gasteiger partial charge in [0.25, 0.3) is 0 Å². The van der Waals surface area contributed by atoms with Crippen LogP contribution in [0.4, 0.5) is 17.1 Å². The van der Waals surface area contributed by atoms with E-state index in [1.807, 2.05) is 19.1 Å².